The number of nitrogens with one attached hydrogen (secondary N) is 1. The molecular weight excluding hydrogens is 400 g/mol. The minimum atomic E-state index is -3.79. The lowest BCUT2D eigenvalue weighted by Crippen LogP contribution is -2.49. The molecule has 6 nitrogen and oxygen atoms in total. The van der Waals surface area contributed by atoms with Gasteiger partial charge in [0, 0.05) is 18.2 Å². The molecule has 7 heteroatoms. The average Bonchev–Trinajstić information content (AvgIpc) is 2.78. The Bertz CT molecular complexity index is 1000. The Kier molecular flexibility index (Phi) is 5.99. The molecule has 1 aliphatic carbocycles. The maximum absolute atomic E-state index is 13.1. The van der Waals surface area contributed by atoms with Gasteiger partial charge in [-0.2, -0.15) is 0 Å². The number of hydrogen-bond acceptors (Lipinski definition) is 4. The lowest BCUT2D eigenvalue weighted by atomic mass is 9.78. The van der Waals surface area contributed by atoms with Crippen molar-refractivity contribution in [2.75, 3.05) is 18.4 Å². The monoisotopic (exact) mass is 428 g/mol. The van der Waals surface area contributed by atoms with Crippen molar-refractivity contribution in [1.82, 2.24) is 4.90 Å². The second kappa shape index (κ2) is 8.68. The average molecular weight is 429 g/mol. The van der Waals surface area contributed by atoms with E-state index in [9.17, 15) is 13.2 Å². The maximum atomic E-state index is 13.1. The number of carbonyl (C=O) groups excluding carboxylic acids is 1. The Morgan fingerprint density at radius 2 is 1.70 bits per heavy atom. The Hall–Kier alpha value is -2.54. The smallest absolute Gasteiger partial charge is 0.262 e. The summed E-state index contributed by atoms with van der Waals surface area (Å²) in [5.74, 6) is 1.06. The van der Waals surface area contributed by atoms with Gasteiger partial charge in [-0.25, -0.2) is 8.42 Å². The third kappa shape index (κ3) is 4.17. The summed E-state index contributed by atoms with van der Waals surface area (Å²) in [4.78, 5) is 15.3. The van der Waals surface area contributed by atoms with E-state index in [1.807, 2.05) is 4.90 Å². The van der Waals surface area contributed by atoms with E-state index < -0.39 is 10.0 Å². The molecule has 0 radical (unpaired) electrons. The normalized spacial score (nSPS) is 21.6. The lowest BCUT2D eigenvalue weighted by molar-refractivity contribution is 0.0390. The summed E-state index contributed by atoms with van der Waals surface area (Å²) in [7, 11) is -2.30. The van der Waals surface area contributed by atoms with Crippen LogP contribution in [0, 0.1) is 5.92 Å². The molecule has 2 fully saturated rings. The van der Waals surface area contributed by atoms with Crippen molar-refractivity contribution < 1.29 is 17.9 Å². The molecule has 2 unspecified atom stereocenters. The molecule has 160 valence electrons. The predicted octanol–water partition coefficient (Wildman–Crippen LogP) is 4.29. The van der Waals surface area contributed by atoms with E-state index in [-0.39, 0.29) is 10.8 Å². The zero-order chi connectivity index (χ0) is 21.1. The molecule has 4 rings (SSSR count). The number of carbonyl (C=O) groups is 1. The third-order valence-electron chi connectivity index (χ3n) is 6.27. The Balaban J connectivity index is 1.51. The van der Waals surface area contributed by atoms with E-state index in [0.717, 1.165) is 19.4 Å². The van der Waals surface area contributed by atoms with Gasteiger partial charge in [-0.3, -0.25) is 9.52 Å². The molecule has 1 heterocycles. The second-order valence-electron chi connectivity index (χ2n) is 8.08. The van der Waals surface area contributed by atoms with Crippen molar-refractivity contribution >= 4 is 21.6 Å². The van der Waals surface area contributed by atoms with Crippen molar-refractivity contribution in [1.29, 1.82) is 0 Å². The molecule has 1 saturated heterocycles. The number of sulfonamides is 1. The zero-order valence-corrected chi connectivity index (χ0v) is 18.0. The molecule has 1 N–H and O–H groups in total. The van der Waals surface area contributed by atoms with Crippen LogP contribution in [0.15, 0.2) is 53.4 Å². The molecular formula is C23H28N2O4S. The number of methoxy groups -OCH3 is 1. The number of fused-ring (bicyclic) bond motifs is 1. The highest BCUT2D eigenvalue weighted by molar-refractivity contribution is 7.92. The van der Waals surface area contributed by atoms with Crippen LogP contribution < -0.4 is 9.46 Å². The first-order valence-electron chi connectivity index (χ1n) is 10.6. The van der Waals surface area contributed by atoms with E-state index in [1.165, 1.54) is 44.9 Å². The number of para-hydroxylation sites is 2. The topological polar surface area (TPSA) is 75.7 Å². The van der Waals surface area contributed by atoms with Gasteiger partial charge in [0.25, 0.3) is 15.9 Å². The van der Waals surface area contributed by atoms with Crippen LogP contribution in [0.4, 0.5) is 5.69 Å². The fraction of sp³-hybridized carbons (Fsp3) is 0.435. The fourth-order valence-electron chi connectivity index (χ4n) is 4.75. The summed E-state index contributed by atoms with van der Waals surface area (Å²) < 4.78 is 33.3. The quantitative estimate of drug-likeness (QED) is 0.771. The van der Waals surface area contributed by atoms with Crippen molar-refractivity contribution in [3.05, 3.63) is 54.1 Å². The van der Waals surface area contributed by atoms with Gasteiger partial charge in [0.1, 0.15) is 5.75 Å². The largest absolute Gasteiger partial charge is 0.495 e. The summed E-state index contributed by atoms with van der Waals surface area (Å²) >= 11 is 0. The van der Waals surface area contributed by atoms with Crippen LogP contribution in [-0.4, -0.2) is 38.9 Å². The molecule has 2 aromatic rings. The predicted molar refractivity (Wildman–Crippen MR) is 116 cm³/mol. The van der Waals surface area contributed by atoms with Gasteiger partial charge in [0.05, 0.1) is 17.7 Å². The number of amides is 1. The number of piperidine rings is 1. The molecule has 0 aromatic heterocycles. The summed E-state index contributed by atoms with van der Waals surface area (Å²) in [6.45, 7) is 0.787. The highest BCUT2D eigenvalue weighted by atomic mass is 32.2. The lowest BCUT2D eigenvalue weighted by Gasteiger charge is -2.44. The standard InChI is InChI=1S/C23H28N2O4S/c1-29-22-11-5-3-9-20(22)24-30(27,28)19-14-12-18(13-15-19)23(26)25-16-6-8-17-7-2-4-10-21(17)25/h3,5,9,11-15,17,21,24H,2,4,6-8,10,16H2,1H3. The SMILES string of the molecule is COc1ccccc1NS(=O)(=O)c1ccc(C(=O)N2CCCC3CCCCC32)cc1. The zero-order valence-electron chi connectivity index (χ0n) is 17.2. The van der Waals surface area contributed by atoms with Crippen molar-refractivity contribution in [2.24, 2.45) is 5.92 Å². The van der Waals surface area contributed by atoms with Gasteiger partial charge >= 0.3 is 0 Å². The van der Waals surface area contributed by atoms with Gasteiger partial charge in [-0.05, 0) is 68.0 Å². The number of ether oxygens (including phenoxy) is 1. The number of benzene rings is 2. The fourth-order valence-corrected chi connectivity index (χ4v) is 5.82. The molecule has 0 bridgehead atoms. The molecule has 1 aliphatic heterocycles. The van der Waals surface area contributed by atoms with Crippen molar-refractivity contribution in [3.8, 4) is 5.75 Å². The number of anilines is 1. The van der Waals surface area contributed by atoms with Crippen molar-refractivity contribution in [2.45, 2.75) is 49.5 Å². The van der Waals surface area contributed by atoms with E-state index in [1.54, 1.807) is 36.4 Å². The van der Waals surface area contributed by atoms with E-state index in [4.69, 9.17) is 4.74 Å². The first-order chi connectivity index (χ1) is 14.5. The Labute approximate surface area is 178 Å². The van der Waals surface area contributed by atoms with Crippen LogP contribution in [0.2, 0.25) is 0 Å². The first-order valence-corrected chi connectivity index (χ1v) is 12.0. The molecule has 2 aliphatic rings. The molecule has 0 spiro atoms. The molecule has 1 saturated carbocycles. The van der Waals surface area contributed by atoms with Crippen LogP contribution in [0.25, 0.3) is 0 Å². The summed E-state index contributed by atoms with van der Waals surface area (Å²) in [6, 6.07) is 13.4. The van der Waals surface area contributed by atoms with E-state index in [0.29, 0.717) is 29.0 Å². The minimum absolute atomic E-state index is 0.00763. The minimum Gasteiger partial charge on any atom is -0.495 e. The number of rotatable bonds is 5. The molecule has 2 aromatic carbocycles. The third-order valence-corrected chi connectivity index (χ3v) is 7.65. The first kappa shape index (κ1) is 20.7. The van der Waals surface area contributed by atoms with Crippen LogP contribution in [0.5, 0.6) is 5.75 Å². The van der Waals surface area contributed by atoms with Gasteiger partial charge in [0.2, 0.25) is 0 Å². The van der Waals surface area contributed by atoms with Crippen molar-refractivity contribution in [3.63, 3.8) is 0 Å². The van der Waals surface area contributed by atoms with Gasteiger partial charge < -0.3 is 9.64 Å². The summed E-state index contributed by atoms with van der Waals surface area (Å²) in [6.07, 6.45) is 6.97. The second-order valence-corrected chi connectivity index (χ2v) is 9.77. The molecule has 30 heavy (non-hydrogen) atoms. The highest BCUT2D eigenvalue weighted by Gasteiger charge is 2.36. The van der Waals surface area contributed by atoms with E-state index in [2.05, 4.69) is 4.72 Å². The maximum Gasteiger partial charge on any atom is 0.262 e. The Morgan fingerprint density at radius 3 is 2.47 bits per heavy atom. The summed E-state index contributed by atoms with van der Waals surface area (Å²) in [5.41, 5.74) is 0.911. The number of likely N-dealkylation sites (tertiary alicyclic amines) is 1. The number of hydrogen-bond donors (Lipinski definition) is 1. The molecule has 2 atom stereocenters. The summed E-state index contributed by atoms with van der Waals surface area (Å²) in [5, 5.41) is 0. The van der Waals surface area contributed by atoms with Gasteiger partial charge in [-0.1, -0.05) is 25.0 Å². The highest BCUT2D eigenvalue weighted by Crippen LogP contribution is 2.36. The van der Waals surface area contributed by atoms with Crippen LogP contribution in [0.3, 0.4) is 0 Å². The van der Waals surface area contributed by atoms with Gasteiger partial charge in [-0.15, -0.1) is 0 Å². The number of nitrogens with zero attached hydrogens (tertiary/aromatic N) is 1. The van der Waals surface area contributed by atoms with Gasteiger partial charge in [0.15, 0.2) is 0 Å². The van der Waals surface area contributed by atoms with Crippen LogP contribution >= 0.6 is 0 Å². The van der Waals surface area contributed by atoms with Crippen LogP contribution in [0.1, 0.15) is 48.9 Å². The van der Waals surface area contributed by atoms with E-state index >= 15 is 0 Å². The molecule has 1 amide bonds. The van der Waals surface area contributed by atoms with Crippen LogP contribution in [-0.2, 0) is 10.0 Å². The Morgan fingerprint density at radius 1 is 1.00 bits per heavy atom.